The van der Waals surface area contributed by atoms with Crippen molar-refractivity contribution in [1.29, 1.82) is 0 Å². The van der Waals surface area contributed by atoms with Crippen molar-refractivity contribution in [2.75, 3.05) is 26.8 Å². The van der Waals surface area contributed by atoms with Crippen LogP contribution in [0.3, 0.4) is 0 Å². The number of aryl methyl sites for hydroxylation is 1. The molecule has 2 rings (SSSR count). The highest BCUT2D eigenvalue weighted by molar-refractivity contribution is 7.86. The van der Waals surface area contributed by atoms with Gasteiger partial charge in [-0.15, -0.1) is 6.58 Å². The summed E-state index contributed by atoms with van der Waals surface area (Å²) in [5.41, 5.74) is 2.10. The Hall–Kier alpha value is -1.21. The molecule has 1 aliphatic heterocycles. The Kier molecular flexibility index (Phi) is 6.35. The zero-order valence-electron chi connectivity index (χ0n) is 13.9. The first-order valence-electron chi connectivity index (χ1n) is 7.92. The number of nitrogens with zero attached hydrogens (tertiary/aromatic N) is 2. The Balaban J connectivity index is 2.25. The minimum atomic E-state index is -3.53. The molecule has 0 radical (unpaired) electrons. The van der Waals surface area contributed by atoms with E-state index in [1.54, 1.807) is 17.5 Å². The van der Waals surface area contributed by atoms with Gasteiger partial charge < -0.3 is 4.74 Å². The van der Waals surface area contributed by atoms with Gasteiger partial charge in [0.2, 0.25) is 0 Å². The molecule has 1 saturated heterocycles. The van der Waals surface area contributed by atoms with Crippen molar-refractivity contribution in [2.45, 2.75) is 32.4 Å². The summed E-state index contributed by atoms with van der Waals surface area (Å²) in [5, 5.41) is 0. The second-order valence-corrected chi connectivity index (χ2v) is 7.76. The third-order valence-electron chi connectivity index (χ3n) is 4.25. The predicted molar refractivity (Wildman–Crippen MR) is 92.3 cm³/mol. The van der Waals surface area contributed by atoms with E-state index in [2.05, 4.69) is 6.58 Å². The molecule has 1 aromatic carbocycles. The van der Waals surface area contributed by atoms with Crippen molar-refractivity contribution >= 4 is 10.2 Å². The van der Waals surface area contributed by atoms with Gasteiger partial charge in [0.1, 0.15) is 0 Å². The van der Waals surface area contributed by atoms with Gasteiger partial charge in [0.05, 0.1) is 6.61 Å². The summed E-state index contributed by atoms with van der Waals surface area (Å²) in [5.74, 6) is 0. The fraction of sp³-hybridized carbons (Fsp3) is 0.529. The average Bonchev–Trinajstić information content (AvgIpc) is 2.98. The number of hydrogen-bond acceptors (Lipinski definition) is 3. The van der Waals surface area contributed by atoms with Crippen LogP contribution in [0.2, 0.25) is 0 Å². The van der Waals surface area contributed by atoms with Gasteiger partial charge in [0, 0.05) is 32.8 Å². The van der Waals surface area contributed by atoms with E-state index in [4.69, 9.17) is 4.74 Å². The highest BCUT2D eigenvalue weighted by atomic mass is 32.2. The SMILES string of the molecule is C=CCN(Cc1ccccc1C)S(=O)(=O)N1CCCC1COC. The van der Waals surface area contributed by atoms with E-state index in [0.29, 0.717) is 26.2 Å². The normalized spacial score (nSPS) is 19.3. The van der Waals surface area contributed by atoms with Gasteiger partial charge in [-0.2, -0.15) is 17.0 Å². The zero-order valence-corrected chi connectivity index (χ0v) is 14.8. The predicted octanol–water partition coefficient (Wildman–Crippen LogP) is 2.34. The molecule has 1 fully saturated rings. The second kappa shape index (κ2) is 8.06. The van der Waals surface area contributed by atoms with E-state index in [1.165, 1.54) is 4.31 Å². The van der Waals surface area contributed by atoms with Crippen molar-refractivity contribution in [1.82, 2.24) is 8.61 Å². The van der Waals surface area contributed by atoms with E-state index in [0.717, 1.165) is 24.0 Å². The molecule has 0 spiro atoms. The summed E-state index contributed by atoms with van der Waals surface area (Å²) < 4.78 is 34.4. The minimum Gasteiger partial charge on any atom is -0.383 e. The number of methoxy groups -OCH3 is 1. The summed E-state index contributed by atoms with van der Waals surface area (Å²) in [6, 6.07) is 7.79. The van der Waals surface area contributed by atoms with E-state index in [9.17, 15) is 8.42 Å². The van der Waals surface area contributed by atoms with Crippen molar-refractivity contribution in [3.63, 3.8) is 0 Å². The van der Waals surface area contributed by atoms with Crippen molar-refractivity contribution < 1.29 is 13.2 Å². The summed E-state index contributed by atoms with van der Waals surface area (Å²) in [7, 11) is -1.92. The third kappa shape index (κ3) is 4.20. The highest BCUT2D eigenvalue weighted by Gasteiger charge is 2.37. The molecule has 1 aliphatic rings. The maximum Gasteiger partial charge on any atom is 0.282 e. The monoisotopic (exact) mass is 338 g/mol. The molecule has 5 nitrogen and oxygen atoms in total. The van der Waals surface area contributed by atoms with Crippen LogP contribution < -0.4 is 0 Å². The fourth-order valence-electron chi connectivity index (χ4n) is 2.98. The van der Waals surface area contributed by atoms with Crippen LogP contribution in [0.15, 0.2) is 36.9 Å². The average molecular weight is 338 g/mol. The minimum absolute atomic E-state index is 0.0748. The number of rotatable bonds is 8. The molecule has 6 heteroatoms. The van der Waals surface area contributed by atoms with Crippen molar-refractivity contribution in [2.24, 2.45) is 0 Å². The van der Waals surface area contributed by atoms with E-state index >= 15 is 0 Å². The van der Waals surface area contributed by atoms with E-state index < -0.39 is 10.2 Å². The lowest BCUT2D eigenvalue weighted by Gasteiger charge is -2.30. The standard InChI is InChI=1S/C17H26N2O3S/c1-4-11-18(13-16-9-6-5-8-15(16)2)23(20,21)19-12-7-10-17(19)14-22-3/h4-6,8-9,17H,1,7,10-14H2,2-3H3. The highest BCUT2D eigenvalue weighted by Crippen LogP contribution is 2.25. The van der Waals surface area contributed by atoms with E-state index in [-0.39, 0.29) is 6.04 Å². The molecule has 0 bridgehead atoms. The molecule has 0 amide bonds. The molecule has 0 N–H and O–H groups in total. The van der Waals surface area contributed by atoms with Gasteiger partial charge in [-0.25, -0.2) is 0 Å². The largest absolute Gasteiger partial charge is 0.383 e. The summed E-state index contributed by atoms with van der Waals surface area (Å²) in [6.07, 6.45) is 3.36. The van der Waals surface area contributed by atoms with Crippen LogP contribution >= 0.6 is 0 Å². The Morgan fingerprint density at radius 2 is 2.17 bits per heavy atom. The molecule has 1 atom stereocenters. The Morgan fingerprint density at radius 3 is 2.83 bits per heavy atom. The van der Waals surface area contributed by atoms with Gasteiger partial charge >= 0.3 is 0 Å². The van der Waals surface area contributed by atoms with Crippen LogP contribution in [0.5, 0.6) is 0 Å². The van der Waals surface area contributed by atoms with Crippen LogP contribution in [0, 0.1) is 6.92 Å². The smallest absolute Gasteiger partial charge is 0.282 e. The molecular formula is C17H26N2O3S. The summed E-state index contributed by atoms with van der Waals surface area (Å²) >= 11 is 0. The first-order chi connectivity index (χ1) is 11.0. The maximum atomic E-state index is 13.1. The topological polar surface area (TPSA) is 49.9 Å². The van der Waals surface area contributed by atoms with E-state index in [1.807, 2.05) is 31.2 Å². The molecular weight excluding hydrogens is 312 g/mol. The van der Waals surface area contributed by atoms with Gasteiger partial charge in [-0.3, -0.25) is 0 Å². The molecule has 23 heavy (non-hydrogen) atoms. The molecule has 0 saturated carbocycles. The molecule has 0 aliphatic carbocycles. The Labute approximate surface area is 139 Å². The molecule has 1 unspecified atom stereocenters. The number of hydrogen-bond donors (Lipinski definition) is 0. The number of ether oxygens (including phenoxy) is 1. The Bertz CT molecular complexity index is 630. The lowest BCUT2D eigenvalue weighted by Crippen LogP contribution is -2.47. The van der Waals surface area contributed by atoms with Crippen LogP contribution in [0.4, 0.5) is 0 Å². The number of benzene rings is 1. The van der Waals surface area contributed by atoms with Gasteiger partial charge in [-0.05, 0) is 30.9 Å². The molecule has 128 valence electrons. The molecule has 0 aromatic heterocycles. The van der Waals surface area contributed by atoms with Crippen LogP contribution in [0.25, 0.3) is 0 Å². The van der Waals surface area contributed by atoms with Gasteiger partial charge in [0.15, 0.2) is 0 Å². The van der Waals surface area contributed by atoms with Crippen molar-refractivity contribution in [3.05, 3.63) is 48.0 Å². The third-order valence-corrected chi connectivity index (χ3v) is 6.25. The molecule has 1 aromatic rings. The fourth-order valence-corrected chi connectivity index (χ4v) is 4.78. The van der Waals surface area contributed by atoms with Crippen LogP contribution in [-0.2, 0) is 21.5 Å². The first kappa shape index (κ1) is 18.1. The van der Waals surface area contributed by atoms with Gasteiger partial charge in [0.25, 0.3) is 10.2 Å². The summed E-state index contributed by atoms with van der Waals surface area (Å²) in [4.78, 5) is 0. The lowest BCUT2D eigenvalue weighted by atomic mass is 10.1. The lowest BCUT2D eigenvalue weighted by molar-refractivity contribution is 0.146. The second-order valence-electron chi connectivity index (χ2n) is 5.88. The maximum absolute atomic E-state index is 13.1. The van der Waals surface area contributed by atoms with Gasteiger partial charge in [-0.1, -0.05) is 30.3 Å². The van der Waals surface area contributed by atoms with Crippen LogP contribution in [-0.4, -0.2) is 49.9 Å². The summed E-state index contributed by atoms with van der Waals surface area (Å²) in [6.45, 7) is 7.35. The first-order valence-corrected chi connectivity index (χ1v) is 9.31. The quantitative estimate of drug-likeness (QED) is 0.684. The Morgan fingerprint density at radius 1 is 1.43 bits per heavy atom. The van der Waals surface area contributed by atoms with Crippen molar-refractivity contribution in [3.8, 4) is 0 Å². The zero-order chi connectivity index (χ0) is 16.9. The van der Waals surface area contributed by atoms with Crippen LogP contribution in [0.1, 0.15) is 24.0 Å². The molecule has 1 heterocycles.